The molecule has 1 aromatic heterocycles. The van der Waals surface area contributed by atoms with Crippen LogP contribution in [0.3, 0.4) is 0 Å². The van der Waals surface area contributed by atoms with Gasteiger partial charge in [0.25, 0.3) is 11.8 Å². The van der Waals surface area contributed by atoms with E-state index in [1.807, 2.05) is 31.2 Å². The van der Waals surface area contributed by atoms with E-state index in [4.69, 9.17) is 35.5 Å². The number of benzene rings is 3. The predicted octanol–water partition coefficient (Wildman–Crippen LogP) is 6.84. The summed E-state index contributed by atoms with van der Waals surface area (Å²) in [4.78, 5) is 99.3. The van der Waals surface area contributed by atoms with Gasteiger partial charge in [-0.05, 0) is 107 Å². The second-order valence-corrected chi connectivity index (χ2v) is 21.4. The number of amides is 6. The lowest BCUT2D eigenvalue weighted by Crippen LogP contribution is -2.54. The van der Waals surface area contributed by atoms with Crippen molar-refractivity contribution in [3.05, 3.63) is 111 Å². The SMILES string of the molecule is CC1=C(C)C2C(c3ccc(Cl)cc3)=N[C@@H](CC(=O)Nc3ccc(OCCOCCN(CCOCCNc4cccc5c4C(=O)N(C4CCC(=O)NC4=O)C5=O)C(=O)CCC(=O)OC(C)(C)C)cc3)c3nnc(C)n3C2S1. The van der Waals surface area contributed by atoms with E-state index in [1.54, 1.807) is 73.8 Å². The van der Waals surface area contributed by atoms with E-state index in [0.717, 1.165) is 22.0 Å². The lowest BCUT2D eigenvalue weighted by Gasteiger charge is -2.27. The monoisotopic (exact) mass is 1080 g/mol. The molecular weight excluding hydrogens is 1020 g/mol. The van der Waals surface area contributed by atoms with Gasteiger partial charge in [-0.1, -0.05) is 35.4 Å². The Kier molecular flexibility index (Phi) is 17.7. The van der Waals surface area contributed by atoms with E-state index < -0.39 is 47.3 Å². The molecule has 3 N–H and O–H groups in total. The Balaban J connectivity index is 0.793. The zero-order chi connectivity index (χ0) is 54.3. The number of hydrogen-bond donors (Lipinski definition) is 3. The summed E-state index contributed by atoms with van der Waals surface area (Å²) in [5.74, 6) is -1.47. The third kappa shape index (κ3) is 13.2. The quantitative estimate of drug-likeness (QED) is 0.0414. The third-order valence-corrected chi connectivity index (χ3v) is 14.8. The molecule has 0 bridgehead atoms. The lowest BCUT2D eigenvalue weighted by molar-refractivity contribution is -0.156. The first-order valence-electron chi connectivity index (χ1n) is 25.2. The summed E-state index contributed by atoms with van der Waals surface area (Å²) in [7, 11) is 0. The van der Waals surface area contributed by atoms with Crippen molar-refractivity contribution in [1.29, 1.82) is 0 Å². The van der Waals surface area contributed by atoms with Crippen LogP contribution >= 0.6 is 23.4 Å². The van der Waals surface area contributed by atoms with E-state index in [1.165, 1.54) is 16.5 Å². The fraction of sp³-hybridized carbons (Fsp3) is 0.444. The van der Waals surface area contributed by atoms with Crippen LogP contribution in [0.25, 0.3) is 0 Å². The van der Waals surface area contributed by atoms with Gasteiger partial charge in [-0.2, -0.15) is 0 Å². The zero-order valence-electron chi connectivity index (χ0n) is 43.3. The van der Waals surface area contributed by atoms with Gasteiger partial charge in [-0.3, -0.25) is 53.3 Å². The molecule has 8 rings (SSSR count). The number of rotatable bonds is 22. The topological polar surface area (TPSA) is 242 Å². The van der Waals surface area contributed by atoms with E-state index >= 15 is 0 Å². The highest BCUT2D eigenvalue weighted by Crippen LogP contribution is 2.53. The summed E-state index contributed by atoms with van der Waals surface area (Å²) in [5.41, 5.74) is 3.60. The van der Waals surface area contributed by atoms with Gasteiger partial charge < -0.3 is 34.5 Å². The van der Waals surface area contributed by atoms with Crippen LogP contribution in [0.1, 0.15) is 116 Å². The van der Waals surface area contributed by atoms with Crippen LogP contribution < -0.4 is 20.7 Å². The first-order valence-corrected chi connectivity index (χ1v) is 26.5. The van der Waals surface area contributed by atoms with Crippen LogP contribution in [0.2, 0.25) is 5.02 Å². The second kappa shape index (κ2) is 24.4. The minimum atomic E-state index is -1.08. The van der Waals surface area contributed by atoms with Crippen LogP contribution in [0.5, 0.6) is 5.75 Å². The fourth-order valence-electron chi connectivity index (χ4n) is 9.40. The number of imide groups is 2. The van der Waals surface area contributed by atoms with Gasteiger partial charge in [-0.15, -0.1) is 22.0 Å². The molecule has 3 aromatic carbocycles. The maximum Gasteiger partial charge on any atom is 0.306 e. The van der Waals surface area contributed by atoms with Crippen molar-refractivity contribution in [3.8, 4) is 5.75 Å². The number of piperidine rings is 1. The van der Waals surface area contributed by atoms with Crippen LogP contribution in [0.15, 0.2) is 82.2 Å². The zero-order valence-corrected chi connectivity index (χ0v) is 44.9. The maximum atomic E-state index is 13.7. The highest BCUT2D eigenvalue weighted by molar-refractivity contribution is 8.03. The fourth-order valence-corrected chi connectivity index (χ4v) is 11.0. The number of carbonyl (C=O) groups is 7. The number of carbonyl (C=O) groups excluding carboxylic acids is 7. The Morgan fingerprint density at radius 1 is 0.868 bits per heavy atom. The number of aromatic nitrogens is 3. The molecule has 20 nitrogen and oxygen atoms in total. The standard InChI is InChI=1S/C54H62ClN9O11S/c1-31-32(2)76-53-46(31)48(34-10-12-35(55)13-11-34)58-40(49-61-60-33(3)63(49)53)30-43(66)57-36-14-16-37(17-15-36)74-29-28-73-27-24-62(44(67)20-21-45(68)75-54(4,5)6)23-26-72-25-22-56-39-9-7-8-38-47(39)52(71)64(51(38)70)41-18-19-42(65)59-50(41)69/h7-17,40-41,46,53,56H,18-30H2,1-6H3,(H,57,66)(H,59,65,69)/t40-,41?,46?,53?/m0/s1. The first kappa shape index (κ1) is 55.3. The van der Waals surface area contributed by atoms with E-state index in [2.05, 4.69) is 44.6 Å². The number of fused-ring (bicyclic) bond motifs is 4. The molecular formula is C54H62ClN9O11S. The number of aryl methyl sites for hydroxylation is 1. The van der Waals surface area contributed by atoms with Gasteiger partial charge in [0.1, 0.15) is 35.9 Å². The second-order valence-electron chi connectivity index (χ2n) is 19.7. The molecule has 4 aliphatic rings. The maximum absolute atomic E-state index is 13.7. The molecule has 0 radical (unpaired) electrons. The number of allylic oxidation sites excluding steroid dienone is 2. The Morgan fingerprint density at radius 3 is 2.30 bits per heavy atom. The molecule has 3 unspecified atom stereocenters. The predicted molar refractivity (Wildman–Crippen MR) is 284 cm³/mol. The number of nitrogens with zero attached hydrogens (tertiary/aromatic N) is 6. The van der Waals surface area contributed by atoms with Gasteiger partial charge in [0, 0.05) is 48.9 Å². The summed E-state index contributed by atoms with van der Waals surface area (Å²) in [6.45, 7) is 13.0. The summed E-state index contributed by atoms with van der Waals surface area (Å²) in [6.07, 6.45) is -0.0649. The Morgan fingerprint density at radius 2 is 1.59 bits per heavy atom. The minimum absolute atomic E-state index is 0.0167. The molecule has 0 aliphatic carbocycles. The number of ether oxygens (including phenoxy) is 4. The van der Waals surface area contributed by atoms with Crippen molar-refractivity contribution in [2.45, 2.75) is 96.7 Å². The number of halogens is 1. The number of nitrogens with one attached hydrogen (secondary N) is 3. The van der Waals surface area contributed by atoms with E-state index in [-0.39, 0.29) is 119 Å². The number of thioether (sulfide) groups is 1. The van der Waals surface area contributed by atoms with Crippen LogP contribution in [-0.2, 0) is 38.2 Å². The summed E-state index contributed by atoms with van der Waals surface area (Å²) in [5, 5.41) is 17.9. The number of anilines is 2. The Bertz CT molecular complexity index is 2940. The Hall–Kier alpha value is -6.94. The third-order valence-electron chi connectivity index (χ3n) is 13.1. The summed E-state index contributed by atoms with van der Waals surface area (Å²) >= 11 is 8.03. The van der Waals surface area contributed by atoms with Gasteiger partial charge in [0.2, 0.25) is 23.6 Å². The van der Waals surface area contributed by atoms with E-state index in [9.17, 15) is 33.6 Å². The molecule has 6 amide bonds. The van der Waals surface area contributed by atoms with Crippen molar-refractivity contribution >= 4 is 81.9 Å². The van der Waals surface area contributed by atoms with Gasteiger partial charge >= 0.3 is 5.97 Å². The molecule has 4 aliphatic heterocycles. The smallest absolute Gasteiger partial charge is 0.306 e. The molecule has 0 saturated carbocycles. The number of aliphatic imine (C=N–C) groups is 1. The largest absolute Gasteiger partial charge is 0.491 e. The highest BCUT2D eigenvalue weighted by Gasteiger charge is 2.46. The van der Waals surface area contributed by atoms with Gasteiger partial charge in [-0.25, -0.2) is 0 Å². The molecule has 1 fully saturated rings. The average Bonchev–Trinajstić information content (AvgIpc) is 3.99. The molecule has 0 spiro atoms. The molecule has 1 saturated heterocycles. The van der Waals surface area contributed by atoms with Crippen LogP contribution in [0, 0.1) is 12.8 Å². The highest BCUT2D eigenvalue weighted by atomic mass is 35.5. The van der Waals surface area contributed by atoms with Gasteiger partial charge in [0.15, 0.2) is 5.82 Å². The van der Waals surface area contributed by atoms with Crippen molar-refractivity contribution in [2.75, 3.05) is 63.3 Å². The molecule has 76 heavy (non-hydrogen) atoms. The van der Waals surface area contributed by atoms with Crippen molar-refractivity contribution < 1.29 is 52.5 Å². The number of hydrogen-bond acceptors (Lipinski definition) is 16. The first-order chi connectivity index (χ1) is 36.4. The normalized spacial score (nSPS) is 19.1. The lowest BCUT2D eigenvalue weighted by atomic mass is 9.90. The molecule has 22 heteroatoms. The summed E-state index contributed by atoms with van der Waals surface area (Å²) in [6, 6.07) is 17.8. The Labute approximate surface area is 449 Å². The molecule has 4 atom stereocenters. The number of esters is 1. The van der Waals surface area contributed by atoms with Crippen molar-refractivity contribution in [1.82, 2.24) is 29.9 Å². The van der Waals surface area contributed by atoms with Gasteiger partial charge in [0.05, 0.1) is 67.4 Å². The molecule has 402 valence electrons. The average molecular weight is 1080 g/mol. The van der Waals surface area contributed by atoms with Crippen LogP contribution in [-0.4, -0.2) is 136 Å². The van der Waals surface area contributed by atoms with Crippen molar-refractivity contribution in [3.63, 3.8) is 0 Å². The molecule has 5 heterocycles. The van der Waals surface area contributed by atoms with Crippen molar-refractivity contribution in [2.24, 2.45) is 10.9 Å². The molecule has 4 aromatic rings. The summed E-state index contributed by atoms with van der Waals surface area (Å²) < 4.78 is 25.1. The van der Waals surface area contributed by atoms with Crippen LogP contribution in [0.4, 0.5) is 11.4 Å². The minimum Gasteiger partial charge on any atom is -0.491 e. The van der Waals surface area contributed by atoms with E-state index in [0.29, 0.717) is 28.0 Å².